The van der Waals surface area contributed by atoms with Crippen molar-refractivity contribution in [3.05, 3.63) is 71.4 Å². The lowest BCUT2D eigenvalue weighted by Gasteiger charge is -2.29. The number of amides is 1. The first-order valence-corrected chi connectivity index (χ1v) is 10.6. The second kappa shape index (κ2) is 10.6. The lowest BCUT2D eigenvalue weighted by atomic mass is 9.82. The average molecular weight is 437 g/mol. The maximum Gasteiger partial charge on any atom is 0.408 e. The summed E-state index contributed by atoms with van der Waals surface area (Å²) >= 11 is 0. The van der Waals surface area contributed by atoms with Crippen LogP contribution in [0.3, 0.4) is 0 Å². The van der Waals surface area contributed by atoms with Crippen LogP contribution < -0.4 is 5.32 Å². The normalized spacial score (nSPS) is 12.9. The molecule has 0 bridgehead atoms. The molecule has 3 rings (SSSR count). The number of rotatable bonds is 9. The molecule has 1 aromatic heterocycles. The van der Waals surface area contributed by atoms with Crippen LogP contribution in [0.25, 0.3) is 10.9 Å². The van der Waals surface area contributed by atoms with Crippen LogP contribution in [0.15, 0.2) is 54.7 Å². The Labute approximate surface area is 187 Å². The van der Waals surface area contributed by atoms with Gasteiger partial charge in [0.2, 0.25) is 0 Å². The number of carbonyl (C=O) groups excluding carboxylic acids is 3. The molecule has 1 amide bonds. The van der Waals surface area contributed by atoms with Crippen molar-refractivity contribution in [2.24, 2.45) is 5.92 Å². The zero-order valence-electron chi connectivity index (χ0n) is 18.5. The van der Waals surface area contributed by atoms with Gasteiger partial charge in [-0.05, 0) is 30.0 Å². The average Bonchev–Trinajstić information content (AvgIpc) is 3.20. The van der Waals surface area contributed by atoms with E-state index in [9.17, 15) is 14.4 Å². The number of aromatic amines is 1. The van der Waals surface area contributed by atoms with Gasteiger partial charge in [-0.25, -0.2) is 9.59 Å². The van der Waals surface area contributed by atoms with Gasteiger partial charge in [0, 0.05) is 28.6 Å². The molecule has 2 N–H and O–H groups in total. The number of aldehydes is 1. The minimum Gasteiger partial charge on any atom is -0.464 e. The molecule has 1 heterocycles. The third-order valence-corrected chi connectivity index (χ3v) is 5.35. The van der Waals surface area contributed by atoms with E-state index in [-0.39, 0.29) is 25.0 Å². The molecule has 0 aliphatic carbocycles. The minimum atomic E-state index is -0.934. The van der Waals surface area contributed by atoms with Gasteiger partial charge in [-0.1, -0.05) is 56.3 Å². The van der Waals surface area contributed by atoms with Crippen LogP contribution in [-0.4, -0.2) is 36.0 Å². The smallest absolute Gasteiger partial charge is 0.408 e. The third-order valence-electron chi connectivity index (χ3n) is 5.35. The summed E-state index contributed by atoms with van der Waals surface area (Å²) in [4.78, 5) is 39.7. The van der Waals surface area contributed by atoms with Crippen LogP contribution in [0.2, 0.25) is 0 Å². The van der Waals surface area contributed by atoms with E-state index in [1.807, 2.05) is 62.4 Å². The summed E-state index contributed by atoms with van der Waals surface area (Å²) in [5.41, 5.74) is 3.04. The molecule has 7 heteroatoms. The fraction of sp³-hybridized carbons (Fsp3) is 0.320. The SMILES string of the molecule is CCOC(=O)[C@H](NC(=O)OCc1ccccc1)[C@H](c1ccc2c(C=O)c[nH]c2c1)C(C)C. The van der Waals surface area contributed by atoms with E-state index in [2.05, 4.69) is 10.3 Å². The van der Waals surface area contributed by atoms with E-state index in [0.717, 1.165) is 28.3 Å². The Morgan fingerprint density at radius 3 is 2.50 bits per heavy atom. The van der Waals surface area contributed by atoms with Gasteiger partial charge >= 0.3 is 12.1 Å². The maximum absolute atomic E-state index is 12.8. The van der Waals surface area contributed by atoms with Gasteiger partial charge in [0.25, 0.3) is 0 Å². The van der Waals surface area contributed by atoms with Gasteiger partial charge in [-0.15, -0.1) is 0 Å². The number of ether oxygens (including phenoxy) is 2. The van der Waals surface area contributed by atoms with E-state index in [0.29, 0.717) is 5.56 Å². The molecule has 3 aromatic rings. The van der Waals surface area contributed by atoms with Gasteiger partial charge < -0.3 is 19.8 Å². The molecule has 32 heavy (non-hydrogen) atoms. The molecule has 2 aromatic carbocycles. The van der Waals surface area contributed by atoms with Crippen LogP contribution in [0.5, 0.6) is 0 Å². The molecule has 7 nitrogen and oxygen atoms in total. The monoisotopic (exact) mass is 436 g/mol. The molecule has 0 spiro atoms. The summed E-state index contributed by atoms with van der Waals surface area (Å²) in [7, 11) is 0. The quantitative estimate of drug-likeness (QED) is 0.378. The molecule has 0 fully saturated rings. The van der Waals surface area contributed by atoms with Crippen LogP contribution in [0, 0.1) is 5.92 Å². The molecular formula is C25H28N2O5. The van der Waals surface area contributed by atoms with E-state index >= 15 is 0 Å². The number of alkyl carbamates (subject to hydrolysis) is 1. The van der Waals surface area contributed by atoms with Crippen molar-refractivity contribution in [2.45, 2.75) is 39.3 Å². The molecule has 0 saturated heterocycles. The third kappa shape index (κ3) is 5.35. The molecule has 0 aliphatic heterocycles. The Bertz CT molecular complexity index is 1070. The van der Waals surface area contributed by atoms with E-state index in [4.69, 9.17) is 9.47 Å². The van der Waals surface area contributed by atoms with Crippen molar-refractivity contribution >= 4 is 29.3 Å². The standard InChI is InChI=1S/C25H28N2O5/c1-4-31-24(29)23(27-25(30)32-15-17-8-6-5-7-9-17)22(16(2)3)18-10-11-20-19(14-28)13-26-21(20)12-18/h5-14,16,22-23,26H,4,15H2,1-3H3,(H,27,30)/t22-,23+/m0/s1. The van der Waals surface area contributed by atoms with Crippen LogP contribution >= 0.6 is 0 Å². The lowest BCUT2D eigenvalue weighted by Crippen LogP contribution is -2.47. The number of nitrogens with one attached hydrogen (secondary N) is 2. The fourth-order valence-corrected chi connectivity index (χ4v) is 3.85. The summed E-state index contributed by atoms with van der Waals surface area (Å²) < 4.78 is 10.6. The Morgan fingerprint density at radius 1 is 1.09 bits per heavy atom. The number of fused-ring (bicyclic) bond motifs is 1. The van der Waals surface area contributed by atoms with E-state index in [1.54, 1.807) is 13.1 Å². The van der Waals surface area contributed by atoms with Crippen molar-refractivity contribution < 1.29 is 23.9 Å². The summed E-state index contributed by atoms with van der Waals surface area (Å²) in [5, 5.41) is 3.51. The van der Waals surface area contributed by atoms with Crippen LogP contribution in [0.4, 0.5) is 4.79 Å². The molecular weight excluding hydrogens is 408 g/mol. The van der Waals surface area contributed by atoms with Crippen LogP contribution in [-0.2, 0) is 20.9 Å². The fourth-order valence-electron chi connectivity index (χ4n) is 3.85. The highest BCUT2D eigenvalue weighted by Crippen LogP contribution is 2.31. The van der Waals surface area contributed by atoms with Gasteiger partial charge in [0.1, 0.15) is 12.6 Å². The summed E-state index contributed by atoms with van der Waals surface area (Å²) in [6.07, 6.45) is 1.75. The number of carbonyl (C=O) groups is 3. The summed E-state index contributed by atoms with van der Waals surface area (Å²) in [6.45, 7) is 5.96. The predicted octanol–water partition coefficient (Wildman–Crippen LogP) is 4.58. The van der Waals surface area contributed by atoms with E-state index in [1.165, 1.54) is 0 Å². The molecule has 2 atom stereocenters. The molecule has 0 saturated carbocycles. The van der Waals surface area contributed by atoms with Gasteiger partial charge in [0.05, 0.1) is 6.61 Å². The number of aromatic nitrogens is 1. The number of hydrogen-bond donors (Lipinski definition) is 2. The number of esters is 1. The Hall–Kier alpha value is -3.61. The molecule has 0 unspecified atom stereocenters. The van der Waals surface area contributed by atoms with Gasteiger partial charge in [-0.2, -0.15) is 0 Å². The Kier molecular flexibility index (Phi) is 7.65. The highest BCUT2D eigenvalue weighted by atomic mass is 16.6. The molecule has 168 valence electrons. The topological polar surface area (TPSA) is 97.5 Å². The minimum absolute atomic E-state index is 0.00298. The number of benzene rings is 2. The van der Waals surface area contributed by atoms with Crippen LogP contribution in [0.1, 0.15) is 48.2 Å². The van der Waals surface area contributed by atoms with Crippen molar-refractivity contribution in [1.82, 2.24) is 10.3 Å². The zero-order chi connectivity index (χ0) is 23.1. The summed E-state index contributed by atoms with van der Waals surface area (Å²) in [6, 6.07) is 14.0. The largest absolute Gasteiger partial charge is 0.464 e. The lowest BCUT2D eigenvalue weighted by molar-refractivity contribution is -0.146. The van der Waals surface area contributed by atoms with Crippen molar-refractivity contribution in [1.29, 1.82) is 0 Å². The maximum atomic E-state index is 12.8. The predicted molar refractivity (Wildman–Crippen MR) is 121 cm³/mol. The second-order valence-corrected chi connectivity index (χ2v) is 7.87. The Balaban J connectivity index is 1.86. The van der Waals surface area contributed by atoms with Gasteiger partial charge in [0.15, 0.2) is 6.29 Å². The highest BCUT2D eigenvalue weighted by Gasteiger charge is 2.35. The zero-order valence-corrected chi connectivity index (χ0v) is 18.5. The van der Waals surface area contributed by atoms with Crippen molar-refractivity contribution in [3.63, 3.8) is 0 Å². The number of hydrogen-bond acceptors (Lipinski definition) is 5. The summed E-state index contributed by atoms with van der Waals surface area (Å²) in [5.74, 6) is -0.898. The van der Waals surface area contributed by atoms with E-state index < -0.39 is 18.1 Å². The second-order valence-electron chi connectivity index (χ2n) is 7.87. The van der Waals surface area contributed by atoms with Crippen molar-refractivity contribution in [2.75, 3.05) is 6.61 Å². The van der Waals surface area contributed by atoms with Gasteiger partial charge in [-0.3, -0.25) is 4.79 Å². The van der Waals surface area contributed by atoms with Crippen molar-refractivity contribution in [3.8, 4) is 0 Å². The number of H-pyrrole nitrogens is 1. The first-order chi connectivity index (χ1) is 15.4. The molecule has 0 aliphatic rings. The first kappa shape index (κ1) is 23.1. The highest BCUT2D eigenvalue weighted by molar-refractivity contribution is 5.97. The first-order valence-electron chi connectivity index (χ1n) is 10.6. The molecule has 0 radical (unpaired) electrons. The Morgan fingerprint density at radius 2 is 1.84 bits per heavy atom.